The van der Waals surface area contributed by atoms with E-state index in [1.54, 1.807) is 18.2 Å². The van der Waals surface area contributed by atoms with E-state index in [0.29, 0.717) is 0 Å². The zero-order valence-corrected chi connectivity index (χ0v) is 8.06. The molecule has 14 heavy (non-hydrogen) atoms. The summed E-state index contributed by atoms with van der Waals surface area (Å²) in [5, 5.41) is 0. The summed E-state index contributed by atoms with van der Waals surface area (Å²) < 4.78 is 4.47. The first kappa shape index (κ1) is 10.4. The second-order valence-electron chi connectivity index (χ2n) is 2.82. The second kappa shape index (κ2) is 4.50. The summed E-state index contributed by atoms with van der Waals surface area (Å²) in [7, 11) is 1.25. The molecule has 0 bridgehead atoms. The van der Waals surface area contributed by atoms with Crippen molar-refractivity contribution in [3.05, 3.63) is 30.1 Å². The van der Waals surface area contributed by atoms with Crippen molar-refractivity contribution in [1.29, 1.82) is 0 Å². The number of aromatic nitrogens is 1. The Balaban J connectivity index is 2.81. The van der Waals surface area contributed by atoms with E-state index in [0.717, 1.165) is 0 Å². The van der Waals surface area contributed by atoms with Gasteiger partial charge in [0.2, 0.25) is 0 Å². The topological polar surface area (TPSA) is 56.3 Å². The molecule has 4 nitrogen and oxygen atoms in total. The summed E-state index contributed by atoms with van der Waals surface area (Å²) in [6, 6.07) is 4.98. The van der Waals surface area contributed by atoms with Gasteiger partial charge in [0.25, 0.3) is 0 Å². The van der Waals surface area contributed by atoms with Gasteiger partial charge < -0.3 is 4.74 Å². The van der Waals surface area contributed by atoms with Crippen molar-refractivity contribution in [1.82, 2.24) is 4.98 Å². The molecule has 0 aliphatic rings. The summed E-state index contributed by atoms with van der Waals surface area (Å²) in [6.07, 6.45) is 1.51. The second-order valence-corrected chi connectivity index (χ2v) is 2.82. The number of rotatable bonds is 3. The van der Waals surface area contributed by atoms with Crippen molar-refractivity contribution in [2.45, 2.75) is 6.92 Å². The van der Waals surface area contributed by atoms with Crippen molar-refractivity contribution in [2.24, 2.45) is 5.92 Å². The lowest BCUT2D eigenvalue weighted by Crippen LogP contribution is -2.23. The van der Waals surface area contributed by atoms with Crippen LogP contribution < -0.4 is 0 Å². The number of carbonyl (C=O) groups is 2. The van der Waals surface area contributed by atoms with E-state index < -0.39 is 11.9 Å². The predicted octanol–water partition coefficient (Wildman–Crippen LogP) is 1.07. The van der Waals surface area contributed by atoms with Crippen molar-refractivity contribution < 1.29 is 14.3 Å². The molecule has 0 N–H and O–H groups in total. The third kappa shape index (κ3) is 2.16. The Kier molecular flexibility index (Phi) is 3.34. The zero-order chi connectivity index (χ0) is 10.6. The van der Waals surface area contributed by atoms with Crippen LogP contribution in [0.3, 0.4) is 0 Å². The van der Waals surface area contributed by atoms with Crippen LogP contribution in [0.15, 0.2) is 24.4 Å². The molecule has 0 aromatic carbocycles. The molecule has 0 saturated carbocycles. The molecule has 1 aromatic rings. The van der Waals surface area contributed by atoms with E-state index in [2.05, 4.69) is 9.72 Å². The van der Waals surface area contributed by atoms with E-state index in [-0.39, 0.29) is 11.5 Å². The first-order valence-electron chi connectivity index (χ1n) is 4.20. The SMILES string of the molecule is COC(=O)C(C)C(=O)c1ccccn1. The smallest absolute Gasteiger partial charge is 0.316 e. The normalized spacial score (nSPS) is 11.9. The molecule has 0 aliphatic carbocycles. The molecular formula is C10H11NO3. The molecule has 0 saturated heterocycles. The Morgan fingerprint density at radius 2 is 2.14 bits per heavy atom. The lowest BCUT2D eigenvalue weighted by atomic mass is 10.0. The quantitative estimate of drug-likeness (QED) is 0.409. The number of nitrogens with zero attached hydrogens (tertiary/aromatic N) is 1. The average Bonchev–Trinajstić information content (AvgIpc) is 2.27. The minimum absolute atomic E-state index is 0.283. The lowest BCUT2D eigenvalue weighted by molar-refractivity contribution is -0.143. The van der Waals surface area contributed by atoms with Crippen molar-refractivity contribution in [3.8, 4) is 0 Å². The van der Waals surface area contributed by atoms with Crippen LogP contribution >= 0.6 is 0 Å². The lowest BCUT2D eigenvalue weighted by Gasteiger charge is -2.06. The van der Waals surface area contributed by atoms with E-state index in [1.165, 1.54) is 20.2 Å². The summed E-state index contributed by atoms with van der Waals surface area (Å²) in [5.41, 5.74) is 0.283. The van der Waals surface area contributed by atoms with Crippen LogP contribution in [0.5, 0.6) is 0 Å². The number of methoxy groups -OCH3 is 1. The minimum atomic E-state index is -0.796. The maximum absolute atomic E-state index is 11.6. The number of ketones is 1. The van der Waals surface area contributed by atoms with E-state index in [1.807, 2.05) is 0 Å². The standard InChI is InChI=1S/C10H11NO3/c1-7(10(13)14-2)9(12)8-5-3-4-6-11-8/h3-7H,1-2H3. The van der Waals surface area contributed by atoms with E-state index in [9.17, 15) is 9.59 Å². The summed E-state index contributed by atoms with van der Waals surface area (Å²) in [6.45, 7) is 1.50. The molecule has 0 spiro atoms. The minimum Gasteiger partial charge on any atom is -0.468 e. The molecule has 0 amide bonds. The predicted molar refractivity (Wildman–Crippen MR) is 49.7 cm³/mol. The summed E-state index contributed by atoms with van der Waals surface area (Å²) >= 11 is 0. The van der Waals surface area contributed by atoms with Crippen molar-refractivity contribution in [2.75, 3.05) is 7.11 Å². The fraction of sp³-hybridized carbons (Fsp3) is 0.300. The summed E-state index contributed by atoms with van der Waals surface area (Å²) in [4.78, 5) is 26.5. The van der Waals surface area contributed by atoms with Crippen LogP contribution in [0, 0.1) is 5.92 Å². The van der Waals surface area contributed by atoms with E-state index >= 15 is 0 Å². The van der Waals surface area contributed by atoms with Gasteiger partial charge in [0.1, 0.15) is 11.6 Å². The fourth-order valence-corrected chi connectivity index (χ4v) is 1.01. The number of hydrogen-bond acceptors (Lipinski definition) is 4. The molecule has 4 heteroatoms. The maximum atomic E-state index is 11.6. The monoisotopic (exact) mass is 193 g/mol. The molecular weight excluding hydrogens is 182 g/mol. The van der Waals surface area contributed by atoms with Crippen LogP contribution in [0.25, 0.3) is 0 Å². The third-order valence-electron chi connectivity index (χ3n) is 1.87. The highest BCUT2D eigenvalue weighted by Crippen LogP contribution is 2.07. The molecule has 1 rings (SSSR count). The van der Waals surface area contributed by atoms with Gasteiger partial charge in [-0.15, -0.1) is 0 Å². The van der Waals surface area contributed by atoms with Gasteiger partial charge >= 0.3 is 5.97 Å². The highest BCUT2D eigenvalue weighted by molar-refractivity contribution is 6.07. The van der Waals surface area contributed by atoms with Gasteiger partial charge in [-0.3, -0.25) is 14.6 Å². The number of pyridine rings is 1. The molecule has 74 valence electrons. The van der Waals surface area contributed by atoms with Gasteiger partial charge in [-0.25, -0.2) is 0 Å². The number of Topliss-reactive ketones (excluding diaryl/α,β-unsaturated/α-hetero) is 1. The first-order valence-corrected chi connectivity index (χ1v) is 4.20. The van der Waals surface area contributed by atoms with Crippen LogP contribution in [-0.4, -0.2) is 23.8 Å². The number of hydrogen-bond donors (Lipinski definition) is 0. The molecule has 0 fully saturated rings. The Morgan fingerprint density at radius 1 is 1.43 bits per heavy atom. The van der Waals surface area contributed by atoms with Crippen molar-refractivity contribution in [3.63, 3.8) is 0 Å². The molecule has 1 atom stereocenters. The molecule has 1 heterocycles. The summed E-state index contributed by atoms with van der Waals surface area (Å²) in [5.74, 6) is -1.66. The average molecular weight is 193 g/mol. The van der Waals surface area contributed by atoms with Gasteiger partial charge in [-0.2, -0.15) is 0 Å². The molecule has 0 aliphatic heterocycles. The molecule has 1 unspecified atom stereocenters. The Bertz CT molecular complexity index is 334. The van der Waals surface area contributed by atoms with Crippen molar-refractivity contribution >= 4 is 11.8 Å². The van der Waals surface area contributed by atoms with E-state index in [4.69, 9.17) is 0 Å². The van der Waals surface area contributed by atoms with Gasteiger partial charge in [0.15, 0.2) is 5.78 Å². The first-order chi connectivity index (χ1) is 6.66. The van der Waals surface area contributed by atoms with Crippen LogP contribution in [0.1, 0.15) is 17.4 Å². The maximum Gasteiger partial charge on any atom is 0.316 e. The Hall–Kier alpha value is -1.71. The highest BCUT2D eigenvalue weighted by Gasteiger charge is 2.23. The number of esters is 1. The Morgan fingerprint density at radius 3 is 2.64 bits per heavy atom. The Labute approximate surface area is 81.9 Å². The molecule has 0 radical (unpaired) electrons. The third-order valence-corrected chi connectivity index (χ3v) is 1.87. The number of ether oxygens (including phenoxy) is 1. The van der Waals surface area contributed by atoms with Crippen LogP contribution in [0.2, 0.25) is 0 Å². The van der Waals surface area contributed by atoms with Crippen LogP contribution in [0.4, 0.5) is 0 Å². The molecule has 1 aromatic heterocycles. The van der Waals surface area contributed by atoms with Gasteiger partial charge in [-0.05, 0) is 19.1 Å². The number of carbonyl (C=O) groups excluding carboxylic acids is 2. The fourth-order valence-electron chi connectivity index (χ4n) is 1.01. The van der Waals surface area contributed by atoms with Gasteiger partial charge in [0, 0.05) is 6.20 Å². The highest BCUT2D eigenvalue weighted by atomic mass is 16.5. The van der Waals surface area contributed by atoms with Crippen LogP contribution in [-0.2, 0) is 9.53 Å². The van der Waals surface area contributed by atoms with Gasteiger partial charge in [-0.1, -0.05) is 6.07 Å². The largest absolute Gasteiger partial charge is 0.468 e. The van der Waals surface area contributed by atoms with Gasteiger partial charge in [0.05, 0.1) is 7.11 Å². The zero-order valence-electron chi connectivity index (χ0n) is 8.06.